The number of nitrogens with two attached hydrogens (primary N) is 1. The quantitative estimate of drug-likeness (QED) is 0.493. The van der Waals surface area contributed by atoms with Crippen LogP contribution in [0.15, 0.2) is 4.99 Å². The highest BCUT2D eigenvalue weighted by Gasteiger charge is 2.25. The molecular formula is C12H24N2. The maximum atomic E-state index is 5.86. The molecule has 1 fully saturated rings. The maximum absolute atomic E-state index is 5.86. The van der Waals surface area contributed by atoms with Crippen molar-refractivity contribution in [2.24, 2.45) is 22.6 Å². The summed E-state index contributed by atoms with van der Waals surface area (Å²) in [6, 6.07) is 0. The standard InChI is InChI=1S/C12H24N2/c1-3-5-6-10(4-2)9-14-12(13)11-7-8-11/h10-11H,3-9H2,1-2H3,(H2,13,14). The van der Waals surface area contributed by atoms with Gasteiger partial charge in [-0.15, -0.1) is 0 Å². The summed E-state index contributed by atoms with van der Waals surface area (Å²) >= 11 is 0. The SMILES string of the molecule is CCCCC(CC)CN=C(N)C1CC1. The topological polar surface area (TPSA) is 38.4 Å². The number of rotatable bonds is 7. The Bertz CT molecular complexity index is 183. The van der Waals surface area contributed by atoms with Crippen LogP contribution in [-0.4, -0.2) is 12.4 Å². The van der Waals surface area contributed by atoms with Crippen LogP contribution in [0.5, 0.6) is 0 Å². The molecule has 2 N–H and O–H groups in total. The van der Waals surface area contributed by atoms with E-state index in [1.165, 1.54) is 38.5 Å². The molecular weight excluding hydrogens is 172 g/mol. The van der Waals surface area contributed by atoms with Crippen LogP contribution in [0.3, 0.4) is 0 Å². The van der Waals surface area contributed by atoms with Crippen molar-refractivity contribution in [3.63, 3.8) is 0 Å². The molecule has 1 rings (SSSR count). The Morgan fingerprint density at radius 1 is 1.43 bits per heavy atom. The number of nitrogens with zero attached hydrogens (tertiary/aromatic N) is 1. The molecule has 14 heavy (non-hydrogen) atoms. The van der Waals surface area contributed by atoms with E-state index < -0.39 is 0 Å². The van der Waals surface area contributed by atoms with Crippen molar-refractivity contribution in [2.45, 2.75) is 52.4 Å². The Morgan fingerprint density at radius 3 is 2.64 bits per heavy atom. The zero-order valence-corrected chi connectivity index (χ0v) is 9.63. The van der Waals surface area contributed by atoms with Crippen molar-refractivity contribution >= 4 is 5.84 Å². The zero-order valence-electron chi connectivity index (χ0n) is 9.63. The average Bonchev–Trinajstić information content (AvgIpc) is 3.01. The molecule has 1 unspecified atom stereocenters. The summed E-state index contributed by atoms with van der Waals surface area (Å²) < 4.78 is 0. The maximum Gasteiger partial charge on any atom is 0.0968 e. The molecule has 1 aliphatic rings. The zero-order chi connectivity index (χ0) is 10.4. The van der Waals surface area contributed by atoms with Crippen molar-refractivity contribution in [3.8, 4) is 0 Å². The van der Waals surface area contributed by atoms with Crippen LogP contribution in [0, 0.1) is 11.8 Å². The second kappa shape index (κ2) is 6.05. The predicted molar refractivity (Wildman–Crippen MR) is 62.5 cm³/mol. The van der Waals surface area contributed by atoms with E-state index in [0.29, 0.717) is 5.92 Å². The van der Waals surface area contributed by atoms with Gasteiger partial charge >= 0.3 is 0 Å². The first-order valence-corrected chi connectivity index (χ1v) is 6.07. The van der Waals surface area contributed by atoms with Crippen LogP contribution < -0.4 is 5.73 Å². The van der Waals surface area contributed by atoms with Gasteiger partial charge in [-0.2, -0.15) is 0 Å². The molecule has 1 saturated carbocycles. The van der Waals surface area contributed by atoms with Gasteiger partial charge in [0.05, 0.1) is 5.84 Å². The number of hydrogen-bond donors (Lipinski definition) is 1. The minimum atomic E-state index is 0.638. The van der Waals surface area contributed by atoms with Gasteiger partial charge in [0.1, 0.15) is 0 Å². The van der Waals surface area contributed by atoms with E-state index >= 15 is 0 Å². The van der Waals surface area contributed by atoms with Gasteiger partial charge in [-0.25, -0.2) is 0 Å². The monoisotopic (exact) mass is 196 g/mol. The van der Waals surface area contributed by atoms with Gasteiger partial charge < -0.3 is 5.73 Å². The van der Waals surface area contributed by atoms with Crippen LogP contribution in [-0.2, 0) is 0 Å². The molecule has 0 bridgehead atoms. The molecule has 2 nitrogen and oxygen atoms in total. The van der Waals surface area contributed by atoms with Gasteiger partial charge in [0.2, 0.25) is 0 Å². The van der Waals surface area contributed by atoms with Gasteiger partial charge in [0, 0.05) is 12.5 Å². The highest BCUT2D eigenvalue weighted by Crippen LogP contribution is 2.29. The lowest BCUT2D eigenvalue weighted by Gasteiger charge is -2.11. The Hall–Kier alpha value is -0.530. The third-order valence-electron chi connectivity index (χ3n) is 3.07. The average molecular weight is 196 g/mol. The summed E-state index contributed by atoms with van der Waals surface area (Å²) in [5.74, 6) is 2.31. The second-order valence-corrected chi connectivity index (χ2v) is 4.46. The number of amidine groups is 1. The lowest BCUT2D eigenvalue weighted by atomic mass is 10.00. The molecule has 0 aromatic rings. The van der Waals surface area contributed by atoms with Crippen molar-refractivity contribution in [1.82, 2.24) is 0 Å². The summed E-state index contributed by atoms with van der Waals surface area (Å²) in [4.78, 5) is 4.50. The summed E-state index contributed by atoms with van der Waals surface area (Å²) in [5, 5.41) is 0. The molecule has 1 atom stereocenters. The van der Waals surface area contributed by atoms with Crippen LogP contribution in [0.25, 0.3) is 0 Å². The van der Waals surface area contributed by atoms with E-state index in [0.717, 1.165) is 18.3 Å². The fourth-order valence-electron chi connectivity index (χ4n) is 1.66. The second-order valence-electron chi connectivity index (χ2n) is 4.46. The molecule has 82 valence electrons. The van der Waals surface area contributed by atoms with Crippen LogP contribution in [0.4, 0.5) is 0 Å². The normalized spacial score (nSPS) is 19.7. The predicted octanol–water partition coefficient (Wildman–Crippen LogP) is 2.97. The molecule has 0 aliphatic heterocycles. The van der Waals surface area contributed by atoms with Crippen molar-refractivity contribution in [2.75, 3.05) is 6.54 Å². The van der Waals surface area contributed by atoms with Gasteiger partial charge in [-0.3, -0.25) is 4.99 Å². The summed E-state index contributed by atoms with van der Waals surface area (Å²) in [6.45, 7) is 5.45. The molecule has 0 saturated heterocycles. The number of hydrogen-bond acceptors (Lipinski definition) is 1. The highest BCUT2D eigenvalue weighted by atomic mass is 14.9. The van der Waals surface area contributed by atoms with Gasteiger partial charge in [0.15, 0.2) is 0 Å². The van der Waals surface area contributed by atoms with E-state index in [4.69, 9.17) is 5.73 Å². The van der Waals surface area contributed by atoms with Crippen molar-refractivity contribution in [3.05, 3.63) is 0 Å². The van der Waals surface area contributed by atoms with Crippen LogP contribution in [0.1, 0.15) is 52.4 Å². The van der Waals surface area contributed by atoms with Gasteiger partial charge in [-0.05, 0) is 25.2 Å². The third-order valence-corrected chi connectivity index (χ3v) is 3.07. The largest absolute Gasteiger partial charge is 0.387 e. The minimum absolute atomic E-state index is 0.638. The number of aliphatic imine (C=N–C) groups is 1. The fourth-order valence-corrected chi connectivity index (χ4v) is 1.66. The smallest absolute Gasteiger partial charge is 0.0968 e. The summed E-state index contributed by atoms with van der Waals surface area (Å²) in [7, 11) is 0. The van der Waals surface area contributed by atoms with E-state index in [2.05, 4.69) is 18.8 Å². The molecule has 1 aliphatic carbocycles. The Morgan fingerprint density at radius 2 is 2.14 bits per heavy atom. The fraction of sp³-hybridized carbons (Fsp3) is 0.917. The highest BCUT2D eigenvalue weighted by molar-refractivity contribution is 5.84. The number of unbranched alkanes of at least 4 members (excludes halogenated alkanes) is 1. The van der Waals surface area contributed by atoms with Crippen LogP contribution >= 0.6 is 0 Å². The lowest BCUT2D eigenvalue weighted by Crippen LogP contribution is -2.16. The lowest BCUT2D eigenvalue weighted by molar-refractivity contribution is 0.462. The summed E-state index contributed by atoms with van der Waals surface area (Å²) in [6.07, 6.45) is 7.70. The molecule has 0 radical (unpaired) electrons. The Balaban J connectivity index is 2.21. The van der Waals surface area contributed by atoms with Crippen LogP contribution in [0.2, 0.25) is 0 Å². The molecule has 0 amide bonds. The van der Waals surface area contributed by atoms with Crippen molar-refractivity contribution in [1.29, 1.82) is 0 Å². The first-order valence-electron chi connectivity index (χ1n) is 6.07. The first-order chi connectivity index (χ1) is 6.77. The van der Waals surface area contributed by atoms with E-state index in [1.807, 2.05) is 0 Å². The molecule has 0 aromatic heterocycles. The molecule has 0 heterocycles. The van der Waals surface area contributed by atoms with Gasteiger partial charge in [-0.1, -0.05) is 33.1 Å². The van der Waals surface area contributed by atoms with Gasteiger partial charge in [0.25, 0.3) is 0 Å². The summed E-state index contributed by atoms with van der Waals surface area (Å²) in [5.41, 5.74) is 5.86. The third kappa shape index (κ3) is 4.12. The Kier molecular flexibility index (Phi) is 4.99. The molecule has 2 heteroatoms. The molecule has 0 spiro atoms. The van der Waals surface area contributed by atoms with E-state index in [9.17, 15) is 0 Å². The first kappa shape index (κ1) is 11.5. The van der Waals surface area contributed by atoms with E-state index in [-0.39, 0.29) is 0 Å². The van der Waals surface area contributed by atoms with E-state index in [1.54, 1.807) is 0 Å². The minimum Gasteiger partial charge on any atom is -0.387 e. The molecule has 0 aromatic carbocycles. The Labute approximate surface area is 88.0 Å². The van der Waals surface area contributed by atoms with Crippen molar-refractivity contribution < 1.29 is 0 Å².